The van der Waals surface area contributed by atoms with Crippen LogP contribution in [0.25, 0.3) is 0 Å². The summed E-state index contributed by atoms with van der Waals surface area (Å²) in [4.78, 5) is 24.3. The molecular formula is C19H19BrN2O3. The van der Waals surface area contributed by atoms with Crippen molar-refractivity contribution in [3.05, 3.63) is 70.7 Å². The van der Waals surface area contributed by atoms with Gasteiger partial charge in [-0.15, -0.1) is 6.58 Å². The lowest BCUT2D eigenvalue weighted by atomic mass is 10.1. The maximum Gasteiger partial charge on any atom is 0.262 e. The van der Waals surface area contributed by atoms with Crippen LogP contribution in [0.2, 0.25) is 0 Å². The molecule has 2 aromatic rings. The van der Waals surface area contributed by atoms with Gasteiger partial charge in [0.2, 0.25) is 0 Å². The van der Waals surface area contributed by atoms with Crippen molar-refractivity contribution in [2.24, 2.45) is 0 Å². The maximum atomic E-state index is 12.2. The molecule has 6 heteroatoms. The number of ether oxygens (including phenoxy) is 1. The minimum absolute atomic E-state index is 0.148. The van der Waals surface area contributed by atoms with E-state index in [0.717, 1.165) is 10.0 Å². The van der Waals surface area contributed by atoms with Gasteiger partial charge in [0.05, 0.1) is 11.3 Å². The summed E-state index contributed by atoms with van der Waals surface area (Å²) in [5, 5.41) is 5.40. The normalized spacial score (nSPS) is 10.0. The zero-order valence-electron chi connectivity index (χ0n) is 13.8. The zero-order chi connectivity index (χ0) is 18.2. The summed E-state index contributed by atoms with van der Waals surface area (Å²) in [6, 6.07) is 12.4. The molecule has 0 atom stereocenters. The largest absolute Gasteiger partial charge is 0.483 e. The Morgan fingerprint density at radius 1 is 1.24 bits per heavy atom. The predicted octanol–water partition coefficient (Wildman–Crippen LogP) is 3.69. The second-order valence-corrected chi connectivity index (χ2v) is 6.21. The Hall–Kier alpha value is -2.60. The molecule has 2 N–H and O–H groups in total. The molecule has 0 bridgehead atoms. The van der Waals surface area contributed by atoms with Gasteiger partial charge in [-0.25, -0.2) is 0 Å². The Bertz CT molecular complexity index is 790. The molecule has 5 nitrogen and oxygen atoms in total. The van der Waals surface area contributed by atoms with Gasteiger partial charge in [0.25, 0.3) is 11.8 Å². The monoisotopic (exact) mass is 402 g/mol. The quantitative estimate of drug-likeness (QED) is 0.693. The van der Waals surface area contributed by atoms with E-state index in [1.807, 2.05) is 19.1 Å². The van der Waals surface area contributed by atoms with E-state index in [1.165, 1.54) is 0 Å². The number of rotatable bonds is 7. The Balaban J connectivity index is 2.00. The molecule has 0 saturated heterocycles. The van der Waals surface area contributed by atoms with E-state index < -0.39 is 0 Å². The predicted molar refractivity (Wildman–Crippen MR) is 102 cm³/mol. The van der Waals surface area contributed by atoms with Crippen LogP contribution < -0.4 is 15.4 Å². The number of para-hydroxylation sites is 1. The van der Waals surface area contributed by atoms with Crippen LogP contribution in [0.4, 0.5) is 5.69 Å². The van der Waals surface area contributed by atoms with Gasteiger partial charge in [-0.2, -0.15) is 0 Å². The number of aryl methyl sites for hydroxylation is 1. The van der Waals surface area contributed by atoms with E-state index in [2.05, 4.69) is 33.1 Å². The van der Waals surface area contributed by atoms with Gasteiger partial charge in [0.1, 0.15) is 5.75 Å². The van der Waals surface area contributed by atoms with E-state index >= 15 is 0 Å². The number of amides is 2. The summed E-state index contributed by atoms with van der Waals surface area (Å²) in [5.74, 6) is 0.0159. The first-order valence-corrected chi connectivity index (χ1v) is 8.47. The number of benzene rings is 2. The number of hydrogen-bond acceptors (Lipinski definition) is 3. The van der Waals surface area contributed by atoms with Crippen LogP contribution in [0.3, 0.4) is 0 Å². The minimum atomic E-state index is -0.341. The Morgan fingerprint density at radius 2 is 2.00 bits per heavy atom. The number of halogens is 1. The van der Waals surface area contributed by atoms with Gasteiger partial charge in [0.15, 0.2) is 6.61 Å². The van der Waals surface area contributed by atoms with Crippen molar-refractivity contribution in [3.63, 3.8) is 0 Å². The SMILES string of the molecule is C=CCNC(=O)c1ccccc1NC(=O)COc1ccc(Br)cc1C. The van der Waals surface area contributed by atoms with Crippen LogP contribution in [-0.2, 0) is 4.79 Å². The molecule has 0 aliphatic rings. The number of hydrogen-bond donors (Lipinski definition) is 2. The molecule has 2 rings (SSSR count). The lowest BCUT2D eigenvalue weighted by Crippen LogP contribution is -2.26. The fraction of sp³-hybridized carbons (Fsp3) is 0.158. The molecule has 0 aliphatic carbocycles. The summed E-state index contributed by atoms with van der Waals surface area (Å²) >= 11 is 3.38. The Morgan fingerprint density at radius 3 is 2.72 bits per heavy atom. The van der Waals surface area contributed by atoms with Crippen molar-refractivity contribution in [2.75, 3.05) is 18.5 Å². The van der Waals surface area contributed by atoms with Crippen molar-refractivity contribution < 1.29 is 14.3 Å². The van der Waals surface area contributed by atoms with Gasteiger partial charge in [-0.05, 0) is 42.8 Å². The fourth-order valence-electron chi connectivity index (χ4n) is 2.15. The number of anilines is 1. The molecular weight excluding hydrogens is 384 g/mol. The summed E-state index contributed by atoms with van der Waals surface area (Å²) < 4.78 is 6.49. The molecule has 0 spiro atoms. The number of carbonyl (C=O) groups is 2. The lowest BCUT2D eigenvalue weighted by molar-refractivity contribution is -0.118. The highest BCUT2D eigenvalue weighted by Crippen LogP contribution is 2.22. The summed E-state index contributed by atoms with van der Waals surface area (Å²) in [6.45, 7) is 5.67. The summed E-state index contributed by atoms with van der Waals surface area (Å²) in [7, 11) is 0. The minimum Gasteiger partial charge on any atom is -0.483 e. The standard InChI is InChI=1S/C19H19BrN2O3/c1-3-10-21-19(24)15-6-4-5-7-16(15)22-18(23)12-25-17-9-8-14(20)11-13(17)2/h3-9,11H,1,10,12H2,2H3,(H,21,24)(H,22,23). The van der Waals surface area contributed by atoms with Gasteiger partial charge >= 0.3 is 0 Å². The summed E-state index contributed by atoms with van der Waals surface area (Å²) in [5.41, 5.74) is 1.74. The number of nitrogens with one attached hydrogen (secondary N) is 2. The molecule has 0 heterocycles. The van der Waals surface area contributed by atoms with E-state index in [1.54, 1.807) is 36.4 Å². The molecule has 130 valence electrons. The van der Waals surface area contributed by atoms with Crippen molar-refractivity contribution >= 4 is 33.4 Å². The zero-order valence-corrected chi connectivity index (χ0v) is 15.4. The number of carbonyl (C=O) groups excluding carboxylic acids is 2. The second kappa shape index (κ2) is 9.03. The highest BCUT2D eigenvalue weighted by Gasteiger charge is 2.13. The maximum absolute atomic E-state index is 12.2. The molecule has 0 aliphatic heterocycles. The Labute approximate surface area is 155 Å². The highest BCUT2D eigenvalue weighted by molar-refractivity contribution is 9.10. The Kier molecular flexibility index (Phi) is 6.77. The third-order valence-corrected chi connectivity index (χ3v) is 3.84. The van der Waals surface area contributed by atoms with E-state index in [0.29, 0.717) is 23.5 Å². The van der Waals surface area contributed by atoms with Crippen LogP contribution in [0.1, 0.15) is 15.9 Å². The van der Waals surface area contributed by atoms with Gasteiger partial charge < -0.3 is 15.4 Å². The molecule has 25 heavy (non-hydrogen) atoms. The third-order valence-electron chi connectivity index (χ3n) is 3.35. The van der Waals surface area contributed by atoms with E-state index in [4.69, 9.17) is 4.74 Å². The first kappa shape index (κ1) is 18.7. The summed E-state index contributed by atoms with van der Waals surface area (Å²) in [6.07, 6.45) is 1.59. The topological polar surface area (TPSA) is 67.4 Å². The molecule has 0 fully saturated rings. The molecule has 0 radical (unpaired) electrons. The molecule has 0 aromatic heterocycles. The van der Waals surface area contributed by atoms with Gasteiger partial charge in [0, 0.05) is 11.0 Å². The first-order chi connectivity index (χ1) is 12.0. The van der Waals surface area contributed by atoms with E-state index in [-0.39, 0.29) is 18.4 Å². The van der Waals surface area contributed by atoms with Gasteiger partial charge in [-0.1, -0.05) is 34.1 Å². The molecule has 0 saturated carbocycles. The first-order valence-electron chi connectivity index (χ1n) is 7.68. The van der Waals surface area contributed by atoms with Crippen LogP contribution in [-0.4, -0.2) is 25.0 Å². The van der Waals surface area contributed by atoms with Crippen LogP contribution in [0.5, 0.6) is 5.75 Å². The second-order valence-electron chi connectivity index (χ2n) is 5.29. The molecule has 2 aromatic carbocycles. The van der Waals surface area contributed by atoms with Crippen LogP contribution in [0.15, 0.2) is 59.6 Å². The van der Waals surface area contributed by atoms with Crippen molar-refractivity contribution in [1.29, 1.82) is 0 Å². The van der Waals surface area contributed by atoms with E-state index in [9.17, 15) is 9.59 Å². The van der Waals surface area contributed by atoms with Gasteiger partial charge in [-0.3, -0.25) is 9.59 Å². The third kappa shape index (κ3) is 5.46. The average molecular weight is 403 g/mol. The lowest BCUT2D eigenvalue weighted by Gasteiger charge is -2.12. The fourth-order valence-corrected chi connectivity index (χ4v) is 2.63. The van der Waals surface area contributed by atoms with Crippen molar-refractivity contribution in [3.8, 4) is 5.75 Å². The van der Waals surface area contributed by atoms with Crippen LogP contribution in [0, 0.1) is 6.92 Å². The highest BCUT2D eigenvalue weighted by atomic mass is 79.9. The smallest absolute Gasteiger partial charge is 0.262 e. The molecule has 2 amide bonds. The molecule has 0 unspecified atom stereocenters. The average Bonchev–Trinajstić information content (AvgIpc) is 2.59. The van der Waals surface area contributed by atoms with Crippen LogP contribution >= 0.6 is 15.9 Å². The van der Waals surface area contributed by atoms with Crippen molar-refractivity contribution in [1.82, 2.24) is 5.32 Å². The van der Waals surface area contributed by atoms with Crippen molar-refractivity contribution in [2.45, 2.75) is 6.92 Å².